The zero-order valence-corrected chi connectivity index (χ0v) is 9.83. The molecular weight excluding hydrogens is 244 g/mol. The Bertz CT molecular complexity index is 449. The van der Waals surface area contributed by atoms with E-state index in [0.29, 0.717) is 0 Å². The molecule has 0 saturated carbocycles. The molecule has 98 valence electrons. The van der Waals surface area contributed by atoms with Gasteiger partial charge in [-0.15, -0.1) is 0 Å². The molecule has 0 aliphatic carbocycles. The number of hydrogen-bond acceptors (Lipinski definition) is 3. The maximum Gasteiger partial charge on any atom is 0.306 e. The highest BCUT2D eigenvalue weighted by atomic mass is 19.2. The molecule has 0 spiro atoms. The smallest absolute Gasteiger partial charge is 0.306 e. The molecular formula is C12H13F2NO3. The molecule has 1 aromatic carbocycles. The molecule has 1 N–H and O–H groups in total. The van der Waals surface area contributed by atoms with E-state index in [1.807, 2.05) is 0 Å². The van der Waals surface area contributed by atoms with Gasteiger partial charge in [0.25, 0.3) is 0 Å². The predicted molar refractivity (Wildman–Crippen MR) is 60.9 cm³/mol. The highest BCUT2D eigenvalue weighted by Crippen LogP contribution is 2.13. The Labute approximate surface area is 103 Å². The fourth-order valence-corrected chi connectivity index (χ4v) is 1.25. The number of amides is 1. The second-order valence-corrected chi connectivity index (χ2v) is 3.48. The van der Waals surface area contributed by atoms with E-state index in [2.05, 4.69) is 10.1 Å². The third-order valence-corrected chi connectivity index (χ3v) is 2.06. The summed E-state index contributed by atoms with van der Waals surface area (Å²) in [6, 6.07) is 3.02. The molecule has 0 aliphatic rings. The van der Waals surface area contributed by atoms with E-state index in [1.54, 1.807) is 6.92 Å². The van der Waals surface area contributed by atoms with Crippen LogP contribution in [0.15, 0.2) is 18.2 Å². The molecule has 0 unspecified atom stereocenters. The summed E-state index contributed by atoms with van der Waals surface area (Å²) >= 11 is 0. The van der Waals surface area contributed by atoms with Crippen LogP contribution in [0.2, 0.25) is 0 Å². The third-order valence-electron chi connectivity index (χ3n) is 2.06. The molecule has 0 radical (unpaired) electrons. The summed E-state index contributed by atoms with van der Waals surface area (Å²) in [4.78, 5) is 22.4. The van der Waals surface area contributed by atoms with Crippen molar-refractivity contribution in [1.82, 2.24) is 0 Å². The van der Waals surface area contributed by atoms with E-state index in [0.717, 1.165) is 12.1 Å². The zero-order valence-electron chi connectivity index (χ0n) is 9.83. The van der Waals surface area contributed by atoms with Gasteiger partial charge in [0, 0.05) is 18.2 Å². The first kappa shape index (κ1) is 14.1. The lowest BCUT2D eigenvalue weighted by molar-refractivity contribution is -0.144. The highest BCUT2D eigenvalue weighted by molar-refractivity contribution is 5.92. The number of ether oxygens (including phenoxy) is 1. The minimum absolute atomic E-state index is 0.0522. The topological polar surface area (TPSA) is 55.4 Å². The Morgan fingerprint density at radius 2 is 1.94 bits per heavy atom. The molecule has 0 fully saturated rings. The molecule has 0 saturated heterocycles. The molecule has 0 heterocycles. The van der Waals surface area contributed by atoms with Gasteiger partial charge in [-0.2, -0.15) is 0 Å². The van der Waals surface area contributed by atoms with Crippen LogP contribution in [0.5, 0.6) is 0 Å². The van der Waals surface area contributed by atoms with Crippen molar-refractivity contribution in [2.24, 2.45) is 0 Å². The Kier molecular flexibility index (Phi) is 5.23. The molecule has 0 atom stereocenters. The van der Waals surface area contributed by atoms with Gasteiger partial charge in [0.1, 0.15) is 0 Å². The first-order chi connectivity index (χ1) is 8.52. The van der Waals surface area contributed by atoms with Gasteiger partial charge in [-0.25, -0.2) is 8.78 Å². The van der Waals surface area contributed by atoms with Crippen LogP contribution in [0, 0.1) is 11.6 Å². The lowest BCUT2D eigenvalue weighted by Crippen LogP contribution is -2.14. The van der Waals surface area contributed by atoms with Crippen LogP contribution >= 0.6 is 0 Å². The molecule has 18 heavy (non-hydrogen) atoms. The minimum Gasteiger partial charge on any atom is -0.466 e. The molecule has 0 aliphatic heterocycles. The van der Waals surface area contributed by atoms with Gasteiger partial charge in [-0.05, 0) is 19.1 Å². The van der Waals surface area contributed by atoms with Crippen molar-refractivity contribution < 1.29 is 23.1 Å². The molecule has 6 heteroatoms. The predicted octanol–water partition coefficient (Wildman–Crippen LogP) is 2.25. The summed E-state index contributed by atoms with van der Waals surface area (Å²) in [5.41, 5.74) is 0.141. The van der Waals surface area contributed by atoms with Crippen LogP contribution in [0.3, 0.4) is 0 Å². The first-order valence-corrected chi connectivity index (χ1v) is 5.43. The fraction of sp³-hybridized carbons (Fsp3) is 0.333. The normalized spacial score (nSPS) is 9.94. The maximum atomic E-state index is 12.8. The summed E-state index contributed by atoms with van der Waals surface area (Å²) in [5.74, 6) is -2.97. The average Bonchev–Trinajstić information content (AvgIpc) is 2.32. The van der Waals surface area contributed by atoms with Crippen LogP contribution in [0.25, 0.3) is 0 Å². The zero-order chi connectivity index (χ0) is 13.5. The number of hydrogen-bond donors (Lipinski definition) is 1. The monoisotopic (exact) mass is 257 g/mol. The van der Waals surface area contributed by atoms with Crippen LogP contribution in [0.4, 0.5) is 14.5 Å². The van der Waals surface area contributed by atoms with Crippen molar-refractivity contribution in [2.45, 2.75) is 19.8 Å². The number of esters is 1. The van der Waals surface area contributed by atoms with Gasteiger partial charge in [0.2, 0.25) is 5.91 Å². The molecule has 4 nitrogen and oxygen atoms in total. The summed E-state index contributed by atoms with van der Waals surface area (Å²) in [5, 5.41) is 2.35. The summed E-state index contributed by atoms with van der Waals surface area (Å²) in [6.45, 7) is 1.92. The van der Waals surface area contributed by atoms with E-state index >= 15 is 0 Å². The number of anilines is 1. The van der Waals surface area contributed by atoms with E-state index < -0.39 is 23.5 Å². The van der Waals surface area contributed by atoms with Crippen LogP contribution in [-0.2, 0) is 14.3 Å². The van der Waals surface area contributed by atoms with Crippen molar-refractivity contribution in [1.29, 1.82) is 0 Å². The number of benzene rings is 1. The van der Waals surface area contributed by atoms with Gasteiger partial charge in [-0.3, -0.25) is 9.59 Å². The van der Waals surface area contributed by atoms with Crippen LogP contribution in [0.1, 0.15) is 19.8 Å². The van der Waals surface area contributed by atoms with Crippen molar-refractivity contribution in [2.75, 3.05) is 11.9 Å². The van der Waals surface area contributed by atoms with Gasteiger partial charge >= 0.3 is 5.97 Å². The lowest BCUT2D eigenvalue weighted by atomic mass is 10.2. The Morgan fingerprint density at radius 1 is 1.22 bits per heavy atom. The molecule has 0 aromatic heterocycles. The SMILES string of the molecule is CCOC(=O)CCC(=O)Nc1ccc(F)c(F)c1. The van der Waals surface area contributed by atoms with E-state index in [4.69, 9.17) is 0 Å². The number of carbonyl (C=O) groups is 2. The van der Waals surface area contributed by atoms with E-state index in [1.165, 1.54) is 6.07 Å². The van der Waals surface area contributed by atoms with E-state index in [-0.39, 0.29) is 25.1 Å². The Morgan fingerprint density at radius 3 is 2.56 bits per heavy atom. The average molecular weight is 257 g/mol. The largest absolute Gasteiger partial charge is 0.466 e. The minimum atomic E-state index is -1.04. The first-order valence-electron chi connectivity index (χ1n) is 5.43. The number of nitrogens with one attached hydrogen (secondary N) is 1. The van der Waals surface area contributed by atoms with Crippen molar-refractivity contribution in [3.63, 3.8) is 0 Å². The molecule has 1 amide bonds. The highest BCUT2D eigenvalue weighted by Gasteiger charge is 2.09. The second-order valence-electron chi connectivity index (χ2n) is 3.48. The molecule has 1 aromatic rings. The van der Waals surface area contributed by atoms with Crippen molar-refractivity contribution in [3.8, 4) is 0 Å². The van der Waals surface area contributed by atoms with Gasteiger partial charge in [-0.1, -0.05) is 0 Å². The van der Waals surface area contributed by atoms with Gasteiger partial charge < -0.3 is 10.1 Å². The van der Waals surface area contributed by atoms with Gasteiger partial charge in [0.15, 0.2) is 11.6 Å². The van der Waals surface area contributed by atoms with Crippen molar-refractivity contribution in [3.05, 3.63) is 29.8 Å². The third kappa shape index (κ3) is 4.48. The standard InChI is InChI=1S/C12H13F2NO3/c1-2-18-12(17)6-5-11(16)15-8-3-4-9(13)10(14)7-8/h3-4,7H,2,5-6H2,1H3,(H,15,16). The van der Waals surface area contributed by atoms with Gasteiger partial charge in [0.05, 0.1) is 13.0 Å². The summed E-state index contributed by atoms with van der Waals surface area (Å²) < 4.78 is 30.1. The Hall–Kier alpha value is -1.98. The second kappa shape index (κ2) is 6.68. The fourth-order valence-electron chi connectivity index (χ4n) is 1.25. The Balaban J connectivity index is 2.44. The molecule has 0 bridgehead atoms. The van der Waals surface area contributed by atoms with Crippen LogP contribution < -0.4 is 5.32 Å². The summed E-state index contributed by atoms with van der Waals surface area (Å²) in [7, 11) is 0. The van der Waals surface area contributed by atoms with Crippen molar-refractivity contribution >= 4 is 17.6 Å². The van der Waals surface area contributed by atoms with Crippen LogP contribution in [-0.4, -0.2) is 18.5 Å². The molecule has 1 rings (SSSR count). The number of rotatable bonds is 5. The number of halogens is 2. The lowest BCUT2D eigenvalue weighted by Gasteiger charge is -2.05. The van der Waals surface area contributed by atoms with E-state index in [9.17, 15) is 18.4 Å². The number of carbonyl (C=O) groups excluding carboxylic acids is 2. The summed E-state index contributed by atoms with van der Waals surface area (Å²) in [6.07, 6.45) is -0.124. The quantitative estimate of drug-likeness (QED) is 0.823. The maximum absolute atomic E-state index is 12.8.